The van der Waals surface area contributed by atoms with Gasteiger partial charge in [-0.15, -0.1) is 11.3 Å². The number of nitrogens with one attached hydrogen (secondary N) is 1. The Kier molecular flexibility index (Phi) is 6.15. The molecule has 1 atom stereocenters. The minimum absolute atomic E-state index is 0.127. The van der Waals surface area contributed by atoms with Crippen molar-refractivity contribution in [2.45, 2.75) is 31.7 Å². The summed E-state index contributed by atoms with van der Waals surface area (Å²) in [5.41, 5.74) is 0.860. The molecule has 7 heteroatoms. The first-order valence-corrected chi connectivity index (χ1v) is 10.2. The Hall–Kier alpha value is -1.70. The van der Waals surface area contributed by atoms with Gasteiger partial charge in [0.15, 0.2) is 0 Å². The molecule has 0 aliphatic carbocycles. The topological polar surface area (TPSA) is 66.5 Å². The van der Waals surface area contributed by atoms with E-state index >= 15 is 0 Å². The van der Waals surface area contributed by atoms with Crippen molar-refractivity contribution < 1.29 is 13.2 Å². The molecular weight excluding hydrogens is 344 g/mol. The SMILES string of the molecule is CCN(CC)S(=O)(=O)c1ccc(C(C)NC(=O)c2cccs2)cc1. The van der Waals surface area contributed by atoms with E-state index in [1.165, 1.54) is 15.6 Å². The lowest BCUT2D eigenvalue weighted by molar-refractivity contribution is 0.0944. The van der Waals surface area contributed by atoms with Crippen LogP contribution in [0, 0.1) is 0 Å². The van der Waals surface area contributed by atoms with Crippen LogP contribution in [0.2, 0.25) is 0 Å². The molecule has 1 amide bonds. The van der Waals surface area contributed by atoms with Crippen LogP contribution < -0.4 is 5.32 Å². The van der Waals surface area contributed by atoms with E-state index in [4.69, 9.17) is 0 Å². The smallest absolute Gasteiger partial charge is 0.261 e. The molecule has 2 rings (SSSR count). The highest BCUT2D eigenvalue weighted by atomic mass is 32.2. The Morgan fingerprint density at radius 2 is 1.79 bits per heavy atom. The zero-order valence-electron chi connectivity index (χ0n) is 14.0. The first-order valence-electron chi connectivity index (χ1n) is 7.84. The number of hydrogen-bond acceptors (Lipinski definition) is 4. The van der Waals surface area contributed by atoms with Crippen molar-refractivity contribution in [3.8, 4) is 0 Å². The summed E-state index contributed by atoms with van der Waals surface area (Å²) in [5, 5.41) is 4.77. The molecule has 0 saturated carbocycles. The Bertz CT molecular complexity index is 765. The van der Waals surface area contributed by atoms with E-state index in [0.29, 0.717) is 18.0 Å². The van der Waals surface area contributed by atoms with E-state index in [9.17, 15) is 13.2 Å². The minimum atomic E-state index is -3.45. The zero-order chi connectivity index (χ0) is 17.7. The van der Waals surface area contributed by atoms with Gasteiger partial charge in [0.05, 0.1) is 15.8 Å². The van der Waals surface area contributed by atoms with Crippen molar-refractivity contribution in [1.29, 1.82) is 0 Å². The predicted octanol–water partition coefficient (Wildman–Crippen LogP) is 3.27. The summed E-state index contributed by atoms with van der Waals surface area (Å²) in [5.74, 6) is -0.127. The molecule has 24 heavy (non-hydrogen) atoms. The van der Waals surface area contributed by atoms with E-state index in [1.54, 1.807) is 30.3 Å². The maximum atomic E-state index is 12.5. The fourth-order valence-corrected chi connectivity index (χ4v) is 4.48. The normalized spacial score (nSPS) is 13.0. The lowest BCUT2D eigenvalue weighted by Gasteiger charge is -2.19. The summed E-state index contributed by atoms with van der Waals surface area (Å²) < 4.78 is 26.4. The monoisotopic (exact) mass is 366 g/mol. The summed E-state index contributed by atoms with van der Waals surface area (Å²) in [7, 11) is -3.45. The van der Waals surface area contributed by atoms with Gasteiger partial charge in [-0.2, -0.15) is 4.31 Å². The molecule has 130 valence electrons. The van der Waals surface area contributed by atoms with Crippen LogP contribution in [-0.2, 0) is 10.0 Å². The van der Waals surface area contributed by atoms with Crippen LogP contribution in [0.1, 0.15) is 42.0 Å². The van der Waals surface area contributed by atoms with Crippen LogP contribution in [0.3, 0.4) is 0 Å². The third kappa shape index (κ3) is 4.03. The molecule has 1 heterocycles. The molecule has 5 nitrogen and oxygen atoms in total. The number of rotatable bonds is 7. The second kappa shape index (κ2) is 7.92. The van der Waals surface area contributed by atoms with Crippen molar-refractivity contribution in [2.75, 3.05) is 13.1 Å². The van der Waals surface area contributed by atoms with Gasteiger partial charge in [0.2, 0.25) is 10.0 Å². The number of thiophene rings is 1. The fourth-order valence-electron chi connectivity index (χ4n) is 2.40. The molecule has 1 aromatic heterocycles. The average molecular weight is 367 g/mol. The molecule has 1 unspecified atom stereocenters. The lowest BCUT2D eigenvalue weighted by atomic mass is 10.1. The summed E-state index contributed by atoms with van der Waals surface area (Å²) in [6.45, 7) is 6.39. The first kappa shape index (κ1) is 18.6. The van der Waals surface area contributed by atoms with Crippen LogP contribution in [0.25, 0.3) is 0 Å². The molecule has 1 aromatic carbocycles. The quantitative estimate of drug-likeness (QED) is 0.818. The molecule has 0 aliphatic rings. The Morgan fingerprint density at radius 3 is 2.29 bits per heavy atom. The molecular formula is C17H22N2O3S2. The first-order chi connectivity index (χ1) is 11.4. The van der Waals surface area contributed by atoms with E-state index in [0.717, 1.165) is 5.56 Å². The van der Waals surface area contributed by atoms with Gasteiger partial charge in [-0.05, 0) is 36.1 Å². The average Bonchev–Trinajstić information content (AvgIpc) is 3.10. The van der Waals surface area contributed by atoms with Gasteiger partial charge in [-0.1, -0.05) is 32.0 Å². The standard InChI is InChI=1S/C17H22N2O3S2/c1-4-19(5-2)24(21,22)15-10-8-14(9-11-15)13(3)18-17(20)16-7-6-12-23-16/h6-13H,4-5H2,1-3H3,(H,18,20). The third-order valence-electron chi connectivity index (χ3n) is 3.82. The van der Waals surface area contributed by atoms with Gasteiger partial charge >= 0.3 is 0 Å². The molecule has 0 saturated heterocycles. The Morgan fingerprint density at radius 1 is 1.17 bits per heavy atom. The van der Waals surface area contributed by atoms with Gasteiger partial charge in [0, 0.05) is 13.1 Å². The number of nitrogens with zero attached hydrogens (tertiary/aromatic N) is 1. The van der Waals surface area contributed by atoms with Crippen molar-refractivity contribution in [1.82, 2.24) is 9.62 Å². The number of benzene rings is 1. The van der Waals surface area contributed by atoms with Gasteiger partial charge < -0.3 is 5.32 Å². The number of sulfonamides is 1. The van der Waals surface area contributed by atoms with Crippen molar-refractivity contribution in [3.63, 3.8) is 0 Å². The highest BCUT2D eigenvalue weighted by Crippen LogP contribution is 2.20. The van der Waals surface area contributed by atoms with Crippen LogP contribution in [0.5, 0.6) is 0 Å². The molecule has 0 bridgehead atoms. The molecule has 0 radical (unpaired) electrons. The maximum Gasteiger partial charge on any atom is 0.261 e. The molecule has 2 aromatic rings. The Balaban J connectivity index is 2.13. The van der Waals surface area contributed by atoms with Gasteiger partial charge in [0.1, 0.15) is 0 Å². The van der Waals surface area contributed by atoms with Crippen LogP contribution in [0.4, 0.5) is 0 Å². The van der Waals surface area contributed by atoms with Gasteiger partial charge in [-0.25, -0.2) is 8.42 Å². The van der Waals surface area contributed by atoms with Crippen LogP contribution >= 0.6 is 11.3 Å². The van der Waals surface area contributed by atoms with E-state index < -0.39 is 10.0 Å². The number of amides is 1. The summed E-state index contributed by atoms with van der Waals surface area (Å²) in [6, 6.07) is 10.1. The second-order valence-electron chi connectivity index (χ2n) is 5.33. The van der Waals surface area contributed by atoms with E-state index in [1.807, 2.05) is 32.2 Å². The summed E-state index contributed by atoms with van der Waals surface area (Å²) in [6.07, 6.45) is 0. The van der Waals surface area contributed by atoms with Crippen molar-refractivity contribution >= 4 is 27.3 Å². The van der Waals surface area contributed by atoms with Gasteiger partial charge in [0.25, 0.3) is 5.91 Å². The summed E-state index contributed by atoms with van der Waals surface area (Å²) in [4.78, 5) is 13.0. The number of carbonyl (C=O) groups excluding carboxylic acids is 1. The summed E-state index contributed by atoms with van der Waals surface area (Å²) >= 11 is 1.39. The molecule has 1 N–H and O–H groups in total. The highest BCUT2D eigenvalue weighted by Gasteiger charge is 2.21. The number of carbonyl (C=O) groups is 1. The molecule has 0 spiro atoms. The number of hydrogen-bond donors (Lipinski definition) is 1. The van der Waals surface area contributed by atoms with Crippen molar-refractivity contribution in [2.24, 2.45) is 0 Å². The van der Waals surface area contributed by atoms with E-state index in [-0.39, 0.29) is 16.8 Å². The Labute approximate surface area is 147 Å². The largest absolute Gasteiger partial charge is 0.345 e. The maximum absolute atomic E-state index is 12.5. The minimum Gasteiger partial charge on any atom is -0.345 e. The highest BCUT2D eigenvalue weighted by molar-refractivity contribution is 7.89. The molecule has 0 fully saturated rings. The zero-order valence-corrected chi connectivity index (χ0v) is 15.7. The third-order valence-corrected chi connectivity index (χ3v) is 6.75. The lowest BCUT2D eigenvalue weighted by Crippen LogP contribution is -2.30. The fraction of sp³-hybridized carbons (Fsp3) is 0.353. The van der Waals surface area contributed by atoms with Gasteiger partial charge in [-0.3, -0.25) is 4.79 Å². The van der Waals surface area contributed by atoms with Crippen LogP contribution in [0.15, 0.2) is 46.7 Å². The van der Waals surface area contributed by atoms with Crippen molar-refractivity contribution in [3.05, 3.63) is 52.2 Å². The van der Waals surface area contributed by atoms with Crippen LogP contribution in [-0.4, -0.2) is 31.7 Å². The predicted molar refractivity (Wildman–Crippen MR) is 96.7 cm³/mol. The molecule has 0 aliphatic heterocycles. The second-order valence-corrected chi connectivity index (χ2v) is 8.22. The van der Waals surface area contributed by atoms with E-state index in [2.05, 4.69) is 5.32 Å².